The van der Waals surface area contributed by atoms with E-state index in [2.05, 4.69) is 30.2 Å². The standard InChI is InChI=1S/C24H27N9O3S/c1-4-9-33-22-17(12-28-20(32-22)18-13(2)29-24(25)31-19(18)14-5-6-14)30-21(23(33)34)27-10-15-7-8-16(11-26-15)37(3,35)36/h7-8,11-12,14H,4-6,9-10H2,1-3H3,(H,27,30)(H2,25,29,31). The average Bonchev–Trinajstić information content (AvgIpc) is 3.69. The number of rotatable bonds is 8. The van der Waals surface area contributed by atoms with Crippen molar-refractivity contribution in [2.45, 2.75) is 57.0 Å². The predicted octanol–water partition coefficient (Wildman–Crippen LogP) is 2.23. The van der Waals surface area contributed by atoms with Crippen LogP contribution < -0.4 is 16.6 Å². The van der Waals surface area contributed by atoms with E-state index in [1.807, 2.05) is 13.8 Å². The molecule has 0 radical (unpaired) electrons. The molecule has 0 aromatic carbocycles. The second-order valence-corrected chi connectivity index (χ2v) is 11.1. The molecule has 1 aliphatic rings. The first-order chi connectivity index (χ1) is 17.7. The van der Waals surface area contributed by atoms with E-state index < -0.39 is 9.84 Å². The van der Waals surface area contributed by atoms with Gasteiger partial charge in [-0.2, -0.15) is 0 Å². The van der Waals surface area contributed by atoms with Gasteiger partial charge in [0.2, 0.25) is 5.95 Å². The van der Waals surface area contributed by atoms with Crippen LogP contribution >= 0.6 is 0 Å². The van der Waals surface area contributed by atoms with Crippen molar-refractivity contribution in [3.05, 3.63) is 52.0 Å². The van der Waals surface area contributed by atoms with Gasteiger partial charge in [0.25, 0.3) is 5.56 Å². The first-order valence-corrected chi connectivity index (χ1v) is 13.9. The number of nitrogen functional groups attached to an aromatic ring is 1. The normalized spacial score (nSPS) is 13.7. The predicted molar refractivity (Wildman–Crippen MR) is 139 cm³/mol. The summed E-state index contributed by atoms with van der Waals surface area (Å²) >= 11 is 0. The molecule has 1 saturated carbocycles. The highest BCUT2D eigenvalue weighted by Gasteiger charge is 2.31. The Kier molecular flexibility index (Phi) is 6.31. The van der Waals surface area contributed by atoms with Crippen molar-refractivity contribution in [3.8, 4) is 11.4 Å². The van der Waals surface area contributed by atoms with Crippen molar-refractivity contribution in [2.75, 3.05) is 17.3 Å². The molecular formula is C24H27N9O3S. The summed E-state index contributed by atoms with van der Waals surface area (Å²) in [5.74, 6) is 1.11. The Labute approximate surface area is 213 Å². The lowest BCUT2D eigenvalue weighted by Crippen LogP contribution is -2.26. The number of nitrogens with two attached hydrogens (primary N) is 1. The zero-order valence-corrected chi connectivity index (χ0v) is 21.6. The van der Waals surface area contributed by atoms with Crippen molar-refractivity contribution < 1.29 is 8.42 Å². The molecule has 0 saturated heterocycles. The molecule has 0 aliphatic heterocycles. The minimum Gasteiger partial charge on any atom is -0.368 e. The summed E-state index contributed by atoms with van der Waals surface area (Å²) in [5.41, 5.74) is 9.32. The molecule has 192 valence electrons. The van der Waals surface area contributed by atoms with E-state index in [0.29, 0.717) is 47.3 Å². The van der Waals surface area contributed by atoms with Crippen LogP contribution in [0.3, 0.4) is 0 Å². The van der Waals surface area contributed by atoms with Crippen molar-refractivity contribution in [1.29, 1.82) is 0 Å². The van der Waals surface area contributed by atoms with E-state index in [1.165, 1.54) is 12.3 Å². The highest BCUT2D eigenvalue weighted by Crippen LogP contribution is 2.43. The molecule has 4 aromatic heterocycles. The van der Waals surface area contributed by atoms with Crippen LogP contribution in [-0.4, -0.2) is 49.1 Å². The number of sulfone groups is 1. The zero-order valence-electron chi connectivity index (χ0n) is 20.8. The smallest absolute Gasteiger partial charge is 0.294 e. The third kappa shape index (κ3) is 4.99. The number of hydrogen-bond acceptors (Lipinski definition) is 11. The molecule has 0 bridgehead atoms. The average molecular weight is 522 g/mol. The van der Waals surface area contributed by atoms with Gasteiger partial charge in [-0.15, -0.1) is 0 Å². The highest BCUT2D eigenvalue weighted by molar-refractivity contribution is 7.90. The Morgan fingerprint density at radius 1 is 1.11 bits per heavy atom. The van der Waals surface area contributed by atoms with Crippen LogP contribution in [0.5, 0.6) is 0 Å². The van der Waals surface area contributed by atoms with Gasteiger partial charge in [-0.25, -0.2) is 33.3 Å². The first-order valence-electron chi connectivity index (χ1n) is 12.0. The van der Waals surface area contributed by atoms with Crippen LogP contribution in [-0.2, 0) is 22.9 Å². The maximum atomic E-state index is 13.4. The van der Waals surface area contributed by atoms with Crippen molar-refractivity contribution in [3.63, 3.8) is 0 Å². The van der Waals surface area contributed by atoms with Gasteiger partial charge in [0.15, 0.2) is 27.1 Å². The van der Waals surface area contributed by atoms with Gasteiger partial charge in [0.1, 0.15) is 5.52 Å². The number of anilines is 2. The highest BCUT2D eigenvalue weighted by atomic mass is 32.2. The van der Waals surface area contributed by atoms with E-state index in [4.69, 9.17) is 10.7 Å². The van der Waals surface area contributed by atoms with Crippen LogP contribution in [0.15, 0.2) is 34.2 Å². The first kappa shape index (κ1) is 24.7. The number of nitrogens with zero attached hydrogens (tertiary/aromatic N) is 7. The third-order valence-electron chi connectivity index (χ3n) is 6.12. The Hall–Kier alpha value is -4.00. The van der Waals surface area contributed by atoms with Crippen LogP contribution in [0.25, 0.3) is 22.6 Å². The number of fused-ring (bicyclic) bond motifs is 1. The molecule has 3 N–H and O–H groups in total. The van der Waals surface area contributed by atoms with Crippen molar-refractivity contribution >= 4 is 32.8 Å². The van der Waals surface area contributed by atoms with Gasteiger partial charge in [0, 0.05) is 24.9 Å². The molecule has 13 heteroatoms. The second-order valence-electron chi connectivity index (χ2n) is 9.13. The quantitative estimate of drug-likeness (QED) is 0.348. The van der Waals surface area contributed by atoms with Crippen LogP contribution in [0.4, 0.5) is 11.8 Å². The van der Waals surface area contributed by atoms with Crippen LogP contribution in [0.1, 0.15) is 49.2 Å². The molecule has 5 rings (SSSR count). The minimum absolute atomic E-state index is 0.130. The van der Waals surface area contributed by atoms with Gasteiger partial charge in [-0.1, -0.05) is 6.92 Å². The summed E-state index contributed by atoms with van der Waals surface area (Å²) in [7, 11) is -3.34. The number of hydrogen-bond donors (Lipinski definition) is 2. The second kappa shape index (κ2) is 9.47. The summed E-state index contributed by atoms with van der Waals surface area (Å²) in [4.78, 5) is 40.2. The molecule has 0 spiro atoms. The van der Waals surface area contributed by atoms with E-state index in [1.54, 1.807) is 16.8 Å². The Bertz CT molecular complexity index is 1660. The maximum absolute atomic E-state index is 13.4. The largest absolute Gasteiger partial charge is 0.368 e. The summed E-state index contributed by atoms with van der Waals surface area (Å²) in [5, 5.41) is 3.03. The Morgan fingerprint density at radius 2 is 1.89 bits per heavy atom. The van der Waals surface area contributed by atoms with Gasteiger partial charge in [-0.3, -0.25) is 14.3 Å². The summed E-state index contributed by atoms with van der Waals surface area (Å²) in [6.45, 7) is 4.46. The lowest BCUT2D eigenvalue weighted by Gasteiger charge is -2.14. The van der Waals surface area contributed by atoms with Crippen molar-refractivity contribution in [1.82, 2.24) is 34.5 Å². The van der Waals surface area contributed by atoms with Gasteiger partial charge < -0.3 is 11.1 Å². The summed E-state index contributed by atoms with van der Waals surface area (Å²) < 4.78 is 24.9. The van der Waals surface area contributed by atoms with Crippen LogP contribution in [0.2, 0.25) is 0 Å². The molecule has 1 aliphatic carbocycles. The van der Waals surface area contributed by atoms with Crippen molar-refractivity contribution in [2.24, 2.45) is 0 Å². The molecule has 0 amide bonds. The molecule has 0 unspecified atom stereocenters. The summed E-state index contributed by atoms with van der Waals surface area (Å²) in [6, 6.07) is 3.08. The zero-order chi connectivity index (χ0) is 26.3. The Morgan fingerprint density at radius 3 is 2.54 bits per heavy atom. The minimum atomic E-state index is -3.34. The lowest BCUT2D eigenvalue weighted by molar-refractivity contribution is 0.601. The molecule has 1 fully saturated rings. The molecule has 12 nitrogen and oxygen atoms in total. The fourth-order valence-corrected chi connectivity index (χ4v) is 4.72. The summed E-state index contributed by atoms with van der Waals surface area (Å²) in [6.07, 6.45) is 6.78. The van der Waals surface area contributed by atoms with E-state index >= 15 is 0 Å². The molecular weight excluding hydrogens is 494 g/mol. The number of aromatic nitrogens is 7. The third-order valence-corrected chi connectivity index (χ3v) is 7.22. The Balaban J connectivity index is 1.52. The van der Waals surface area contributed by atoms with Gasteiger partial charge in [-0.05, 0) is 38.3 Å². The van der Waals surface area contributed by atoms with E-state index in [0.717, 1.165) is 30.4 Å². The number of nitrogens with one attached hydrogen (secondary N) is 1. The molecule has 0 atom stereocenters. The van der Waals surface area contributed by atoms with Crippen LogP contribution in [0, 0.1) is 6.92 Å². The molecule has 4 aromatic rings. The topological polar surface area (TPSA) is 172 Å². The molecule has 37 heavy (non-hydrogen) atoms. The van der Waals surface area contributed by atoms with E-state index in [-0.39, 0.29) is 28.8 Å². The lowest BCUT2D eigenvalue weighted by atomic mass is 10.1. The van der Waals surface area contributed by atoms with Gasteiger partial charge in [0.05, 0.1) is 40.3 Å². The fraction of sp³-hybridized carbons (Fsp3) is 0.375. The SMILES string of the molecule is CCCn1c(=O)c(NCc2ccc(S(C)(=O)=O)cn2)nc2cnc(-c3c(C)nc(N)nc3C3CC3)nc21. The maximum Gasteiger partial charge on any atom is 0.294 e. The molecule has 4 heterocycles. The number of aryl methyl sites for hydroxylation is 2. The van der Waals surface area contributed by atoms with Gasteiger partial charge >= 0.3 is 0 Å². The van der Waals surface area contributed by atoms with E-state index in [9.17, 15) is 13.2 Å². The monoisotopic (exact) mass is 521 g/mol. The number of pyridine rings is 1. The fourth-order valence-electron chi connectivity index (χ4n) is 4.16.